The highest BCUT2D eigenvalue weighted by Gasteiger charge is 2.38. The zero-order valence-electron chi connectivity index (χ0n) is 17.0. The van der Waals surface area contributed by atoms with E-state index in [1.807, 2.05) is 26.8 Å². The van der Waals surface area contributed by atoms with Crippen LogP contribution in [0.4, 0.5) is 0 Å². The molecule has 0 radical (unpaired) electrons. The maximum atomic E-state index is 12.5. The van der Waals surface area contributed by atoms with Crippen LogP contribution >= 0.6 is 0 Å². The summed E-state index contributed by atoms with van der Waals surface area (Å²) in [5.74, 6) is -1.36. The van der Waals surface area contributed by atoms with Crippen molar-refractivity contribution in [1.29, 1.82) is 5.26 Å². The number of carbonyl (C=O) groups excluding carboxylic acids is 3. The number of esters is 2. The van der Waals surface area contributed by atoms with Gasteiger partial charge in [-0.2, -0.15) is 5.26 Å². The highest BCUT2D eigenvalue weighted by molar-refractivity contribution is 5.92. The first-order valence-corrected chi connectivity index (χ1v) is 8.62. The largest absolute Gasteiger partial charge is 0.468 e. The predicted molar refractivity (Wildman–Crippen MR) is 99.9 cm³/mol. The van der Waals surface area contributed by atoms with Gasteiger partial charge < -0.3 is 9.47 Å². The molecule has 1 aromatic carbocycles. The summed E-state index contributed by atoms with van der Waals surface area (Å²) in [4.78, 5) is 36.9. The Morgan fingerprint density at radius 3 is 2.15 bits per heavy atom. The fraction of sp³-hybridized carbons (Fsp3) is 0.524. The third-order valence-electron chi connectivity index (χ3n) is 4.35. The standard InChI is InChI=1S/C21H27NO5/c1-19(2,3)17(24)20(4,5)13-27-16(23)14-9-8-10-15(11-14)21(6,12-22)18(25)26-7/h8-11H,13H2,1-7H3. The quantitative estimate of drug-likeness (QED) is 0.709. The van der Waals surface area contributed by atoms with Gasteiger partial charge in [-0.15, -0.1) is 0 Å². The number of hydrogen-bond acceptors (Lipinski definition) is 6. The van der Waals surface area contributed by atoms with Gasteiger partial charge in [0.15, 0.2) is 5.41 Å². The zero-order chi connectivity index (χ0) is 21.0. The number of carbonyl (C=O) groups is 3. The van der Waals surface area contributed by atoms with Crippen molar-refractivity contribution in [3.05, 3.63) is 35.4 Å². The van der Waals surface area contributed by atoms with Crippen molar-refractivity contribution >= 4 is 17.7 Å². The molecule has 0 spiro atoms. The topological polar surface area (TPSA) is 93.5 Å². The Morgan fingerprint density at radius 2 is 1.67 bits per heavy atom. The van der Waals surface area contributed by atoms with E-state index in [-0.39, 0.29) is 18.0 Å². The Bertz CT molecular complexity index is 782. The van der Waals surface area contributed by atoms with Crippen molar-refractivity contribution in [3.8, 4) is 6.07 Å². The van der Waals surface area contributed by atoms with Gasteiger partial charge in [0.1, 0.15) is 12.4 Å². The van der Waals surface area contributed by atoms with Crippen molar-refractivity contribution in [1.82, 2.24) is 0 Å². The molecule has 6 heteroatoms. The van der Waals surface area contributed by atoms with Crippen LogP contribution in [0.15, 0.2) is 24.3 Å². The Morgan fingerprint density at radius 1 is 1.07 bits per heavy atom. The molecule has 0 aliphatic carbocycles. The maximum absolute atomic E-state index is 12.5. The van der Waals surface area contributed by atoms with Crippen molar-refractivity contribution in [2.45, 2.75) is 47.0 Å². The minimum atomic E-state index is -1.54. The summed E-state index contributed by atoms with van der Waals surface area (Å²) in [5, 5.41) is 9.41. The van der Waals surface area contributed by atoms with Crippen LogP contribution < -0.4 is 0 Å². The smallest absolute Gasteiger partial charge is 0.338 e. The lowest BCUT2D eigenvalue weighted by Crippen LogP contribution is -2.38. The summed E-state index contributed by atoms with van der Waals surface area (Å²) in [5.41, 5.74) is -2.40. The van der Waals surface area contributed by atoms with Crippen LogP contribution in [0.25, 0.3) is 0 Å². The third kappa shape index (κ3) is 4.94. The van der Waals surface area contributed by atoms with Gasteiger partial charge in [0.2, 0.25) is 0 Å². The molecule has 1 unspecified atom stereocenters. The van der Waals surface area contributed by atoms with Crippen LogP contribution in [0.2, 0.25) is 0 Å². The zero-order valence-corrected chi connectivity index (χ0v) is 17.0. The first-order chi connectivity index (χ1) is 12.3. The highest BCUT2D eigenvalue weighted by Crippen LogP contribution is 2.30. The Kier molecular flexibility index (Phi) is 6.55. The number of hydrogen-bond donors (Lipinski definition) is 0. The number of ether oxygens (including phenoxy) is 2. The number of ketones is 1. The summed E-state index contributed by atoms with van der Waals surface area (Å²) in [7, 11) is 1.20. The van der Waals surface area contributed by atoms with Gasteiger partial charge in [-0.1, -0.05) is 32.9 Å². The van der Waals surface area contributed by atoms with Gasteiger partial charge in [0.05, 0.1) is 24.2 Å². The van der Waals surface area contributed by atoms with Crippen LogP contribution in [0.3, 0.4) is 0 Å². The summed E-state index contributed by atoms with van der Waals surface area (Å²) in [6.45, 7) is 10.3. The first-order valence-electron chi connectivity index (χ1n) is 8.62. The first kappa shape index (κ1) is 22.4. The van der Waals surface area contributed by atoms with E-state index in [1.54, 1.807) is 26.0 Å². The maximum Gasteiger partial charge on any atom is 0.338 e. The number of rotatable bonds is 6. The lowest BCUT2D eigenvalue weighted by atomic mass is 9.75. The second kappa shape index (κ2) is 7.91. The number of methoxy groups -OCH3 is 1. The van der Waals surface area contributed by atoms with Crippen LogP contribution in [0, 0.1) is 22.2 Å². The minimum Gasteiger partial charge on any atom is -0.468 e. The average molecular weight is 373 g/mol. The molecular formula is C21H27NO5. The van der Waals surface area contributed by atoms with E-state index in [1.165, 1.54) is 26.2 Å². The van der Waals surface area contributed by atoms with Crippen LogP contribution in [-0.2, 0) is 24.5 Å². The van der Waals surface area contributed by atoms with Crippen LogP contribution in [-0.4, -0.2) is 31.4 Å². The number of Topliss-reactive ketones (excluding diaryl/α,β-unsaturated/α-hetero) is 1. The highest BCUT2D eigenvalue weighted by atomic mass is 16.5. The van der Waals surface area contributed by atoms with E-state index in [9.17, 15) is 19.6 Å². The molecule has 6 nitrogen and oxygen atoms in total. The second-order valence-corrected chi connectivity index (χ2v) is 8.35. The molecule has 0 aromatic heterocycles. The van der Waals surface area contributed by atoms with E-state index < -0.39 is 28.2 Å². The van der Waals surface area contributed by atoms with Crippen molar-refractivity contribution < 1.29 is 23.9 Å². The number of nitrogens with zero attached hydrogens (tertiary/aromatic N) is 1. The van der Waals surface area contributed by atoms with E-state index >= 15 is 0 Å². The lowest BCUT2D eigenvalue weighted by Gasteiger charge is -2.30. The monoisotopic (exact) mass is 373 g/mol. The molecule has 0 heterocycles. The number of nitriles is 1. The fourth-order valence-corrected chi connectivity index (χ4v) is 2.80. The van der Waals surface area contributed by atoms with E-state index in [2.05, 4.69) is 0 Å². The summed E-state index contributed by atoms with van der Waals surface area (Å²) in [6, 6.07) is 8.03. The molecule has 0 aliphatic rings. The van der Waals surface area contributed by atoms with Crippen molar-refractivity contribution in [3.63, 3.8) is 0 Å². The Balaban J connectivity index is 3.03. The molecule has 1 aromatic rings. The van der Waals surface area contributed by atoms with Crippen molar-refractivity contribution in [2.75, 3.05) is 13.7 Å². The van der Waals surface area contributed by atoms with Gasteiger partial charge in [0.25, 0.3) is 0 Å². The molecule has 27 heavy (non-hydrogen) atoms. The molecule has 0 fully saturated rings. The molecule has 0 amide bonds. The van der Waals surface area contributed by atoms with E-state index in [0.717, 1.165) is 0 Å². The van der Waals surface area contributed by atoms with E-state index in [4.69, 9.17) is 9.47 Å². The summed E-state index contributed by atoms with van der Waals surface area (Å²) >= 11 is 0. The van der Waals surface area contributed by atoms with Crippen LogP contribution in [0.5, 0.6) is 0 Å². The number of benzene rings is 1. The minimum absolute atomic E-state index is 0.0145. The molecular weight excluding hydrogens is 346 g/mol. The van der Waals surface area contributed by atoms with Crippen molar-refractivity contribution in [2.24, 2.45) is 10.8 Å². The van der Waals surface area contributed by atoms with Gasteiger partial charge in [-0.25, -0.2) is 9.59 Å². The predicted octanol–water partition coefficient (Wildman–Crippen LogP) is 3.44. The molecule has 1 atom stereocenters. The lowest BCUT2D eigenvalue weighted by molar-refractivity contribution is -0.144. The molecule has 0 aliphatic heterocycles. The molecule has 0 bridgehead atoms. The molecule has 1 rings (SSSR count). The Labute approximate surface area is 160 Å². The molecule has 0 saturated heterocycles. The third-order valence-corrected chi connectivity index (χ3v) is 4.35. The SMILES string of the molecule is COC(=O)C(C)(C#N)c1cccc(C(=O)OCC(C)(C)C(=O)C(C)(C)C)c1. The van der Waals surface area contributed by atoms with Gasteiger partial charge in [0, 0.05) is 5.41 Å². The van der Waals surface area contributed by atoms with Crippen LogP contribution in [0.1, 0.15) is 57.5 Å². The van der Waals surface area contributed by atoms with E-state index in [0.29, 0.717) is 5.56 Å². The van der Waals surface area contributed by atoms with Gasteiger partial charge in [-0.05, 0) is 38.5 Å². The second-order valence-electron chi connectivity index (χ2n) is 8.35. The normalized spacial score (nSPS) is 13.9. The average Bonchev–Trinajstić information content (AvgIpc) is 2.63. The van der Waals surface area contributed by atoms with Gasteiger partial charge >= 0.3 is 11.9 Å². The summed E-state index contributed by atoms with van der Waals surface area (Å²) < 4.78 is 10.0. The fourth-order valence-electron chi connectivity index (χ4n) is 2.80. The molecule has 0 saturated carbocycles. The summed E-state index contributed by atoms with van der Waals surface area (Å²) in [6.07, 6.45) is 0. The molecule has 0 N–H and O–H groups in total. The Hall–Kier alpha value is -2.68. The molecule has 146 valence electrons. The van der Waals surface area contributed by atoms with Gasteiger partial charge in [-0.3, -0.25) is 4.79 Å².